The summed E-state index contributed by atoms with van der Waals surface area (Å²) in [6, 6.07) is 0. The lowest BCUT2D eigenvalue weighted by Crippen LogP contribution is -2.36. The van der Waals surface area contributed by atoms with Crippen LogP contribution in [0.25, 0.3) is 0 Å². The van der Waals surface area contributed by atoms with Crippen molar-refractivity contribution >= 4 is 21.7 Å². The molecule has 1 aromatic rings. The molecule has 100 valence electrons. The minimum atomic E-state index is -0.601. The van der Waals surface area contributed by atoms with Gasteiger partial charge in [0.25, 0.3) is 0 Å². The van der Waals surface area contributed by atoms with Gasteiger partial charge in [0, 0.05) is 13.7 Å². The third-order valence-corrected chi connectivity index (χ3v) is 4.55. The fraction of sp³-hybridized carbons (Fsp3) is 0.692. The first kappa shape index (κ1) is 13.7. The summed E-state index contributed by atoms with van der Waals surface area (Å²) in [5, 5.41) is 4.41. The van der Waals surface area contributed by atoms with Gasteiger partial charge >= 0.3 is 0 Å². The molecule has 0 radical (unpaired) electrons. The monoisotopic (exact) mass is 314 g/mol. The smallest absolute Gasteiger partial charge is 0.170 e. The SMILES string of the molecule is CCc1nn(C)c(CC(=O)C2(C)CCCO2)c1Br. The number of nitrogens with zero attached hydrogens (tertiary/aromatic N) is 2. The topological polar surface area (TPSA) is 44.1 Å². The van der Waals surface area contributed by atoms with E-state index in [9.17, 15) is 4.79 Å². The Balaban J connectivity index is 2.19. The van der Waals surface area contributed by atoms with Crippen molar-refractivity contribution in [2.24, 2.45) is 7.05 Å². The van der Waals surface area contributed by atoms with Gasteiger partial charge in [-0.2, -0.15) is 5.10 Å². The molecule has 2 rings (SSSR count). The largest absolute Gasteiger partial charge is 0.367 e. The van der Waals surface area contributed by atoms with Gasteiger partial charge in [-0.05, 0) is 42.1 Å². The molecule has 0 N–H and O–H groups in total. The third-order valence-electron chi connectivity index (χ3n) is 3.64. The van der Waals surface area contributed by atoms with Crippen LogP contribution in [0.4, 0.5) is 0 Å². The van der Waals surface area contributed by atoms with Crippen LogP contribution in [0.3, 0.4) is 0 Å². The van der Waals surface area contributed by atoms with Crippen LogP contribution in [-0.2, 0) is 29.4 Å². The molecule has 1 unspecified atom stereocenters. The van der Waals surface area contributed by atoms with E-state index in [1.165, 1.54) is 0 Å². The zero-order valence-electron chi connectivity index (χ0n) is 11.1. The lowest BCUT2D eigenvalue weighted by Gasteiger charge is -2.21. The molecule has 1 aliphatic heterocycles. The Morgan fingerprint density at radius 2 is 2.33 bits per heavy atom. The van der Waals surface area contributed by atoms with Gasteiger partial charge < -0.3 is 4.74 Å². The lowest BCUT2D eigenvalue weighted by atomic mass is 9.94. The summed E-state index contributed by atoms with van der Waals surface area (Å²) in [6.07, 6.45) is 3.02. The number of ketones is 1. The number of halogens is 1. The van der Waals surface area contributed by atoms with Gasteiger partial charge in [-0.1, -0.05) is 6.92 Å². The molecule has 0 aliphatic carbocycles. The van der Waals surface area contributed by atoms with E-state index in [1.54, 1.807) is 4.68 Å². The van der Waals surface area contributed by atoms with Crippen LogP contribution in [0.5, 0.6) is 0 Å². The van der Waals surface area contributed by atoms with E-state index < -0.39 is 5.60 Å². The second-order valence-electron chi connectivity index (χ2n) is 4.97. The van der Waals surface area contributed by atoms with Crippen LogP contribution in [0.15, 0.2) is 4.47 Å². The Labute approximate surface area is 116 Å². The number of carbonyl (C=O) groups excluding carboxylic acids is 1. The zero-order valence-corrected chi connectivity index (χ0v) is 12.7. The van der Waals surface area contributed by atoms with E-state index in [2.05, 4.69) is 28.0 Å². The minimum Gasteiger partial charge on any atom is -0.367 e. The zero-order chi connectivity index (χ0) is 13.3. The predicted molar refractivity (Wildman–Crippen MR) is 72.6 cm³/mol. The second kappa shape index (κ2) is 5.13. The summed E-state index contributed by atoms with van der Waals surface area (Å²) in [7, 11) is 1.88. The first-order valence-electron chi connectivity index (χ1n) is 6.35. The van der Waals surface area contributed by atoms with E-state index in [1.807, 2.05) is 14.0 Å². The van der Waals surface area contributed by atoms with Crippen molar-refractivity contribution in [2.45, 2.75) is 45.1 Å². The van der Waals surface area contributed by atoms with E-state index >= 15 is 0 Å². The summed E-state index contributed by atoms with van der Waals surface area (Å²) in [5.74, 6) is 0.145. The number of hydrogen-bond donors (Lipinski definition) is 0. The van der Waals surface area contributed by atoms with Crippen LogP contribution in [0.2, 0.25) is 0 Å². The van der Waals surface area contributed by atoms with Crippen molar-refractivity contribution in [3.8, 4) is 0 Å². The highest BCUT2D eigenvalue weighted by Crippen LogP contribution is 2.29. The number of aryl methyl sites for hydroxylation is 2. The standard InChI is InChI=1S/C13H19BrN2O2/c1-4-9-12(14)10(16(3)15-9)8-11(17)13(2)6-5-7-18-13/h4-8H2,1-3H3. The molecule has 5 heteroatoms. The molecule has 2 heterocycles. The molecule has 4 nitrogen and oxygen atoms in total. The summed E-state index contributed by atoms with van der Waals surface area (Å²) in [6.45, 7) is 4.64. The minimum absolute atomic E-state index is 0.145. The van der Waals surface area contributed by atoms with Gasteiger partial charge in [-0.25, -0.2) is 0 Å². The van der Waals surface area contributed by atoms with Gasteiger partial charge in [0.1, 0.15) is 5.60 Å². The second-order valence-corrected chi connectivity index (χ2v) is 5.76. The van der Waals surface area contributed by atoms with Gasteiger partial charge in [0.05, 0.1) is 22.3 Å². The highest BCUT2D eigenvalue weighted by atomic mass is 79.9. The molecule has 18 heavy (non-hydrogen) atoms. The molecule has 1 aliphatic rings. The van der Waals surface area contributed by atoms with Gasteiger partial charge in [0.2, 0.25) is 0 Å². The van der Waals surface area contributed by atoms with Crippen molar-refractivity contribution in [3.05, 3.63) is 15.9 Å². The average molecular weight is 315 g/mol. The summed E-state index contributed by atoms with van der Waals surface area (Å²) < 4.78 is 8.34. The molecular weight excluding hydrogens is 296 g/mol. The molecule has 1 fully saturated rings. The molecule has 1 aromatic heterocycles. The van der Waals surface area contributed by atoms with E-state index in [4.69, 9.17) is 4.74 Å². The Morgan fingerprint density at radius 3 is 2.83 bits per heavy atom. The van der Waals surface area contributed by atoms with Crippen LogP contribution in [-0.4, -0.2) is 27.8 Å². The van der Waals surface area contributed by atoms with Crippen LogP contribution in [0, 0.1) is 0 Å². The van der Waals surface area contributed by atoms with Crippen LogP contribution in [0.1, 0.15) is 38.1 Å². The molecule has 1 saturated heterocycles. The molecule has 0 bridgehead atoms. The van der Waals surface area contributed by atoms with Gasteiger partial charge in [0.15, 0.2) is 5.78 Å². The summed E-state index contributed by atoms with van der Waals surface area (Å²) >= 11 is 3.54. The number of aromatic nitrogens is 2. The van der Waals surface area contributed by atoms with Crippen molar-refractivity contribution in [2.75, 3.05) is 6.61 Å². The van der Waals surface area contributed by atoms with E-state index in [0.717, 1.165) is 35.1 Å². The van der Waals surface area contributed by atoms with Crippen molar-refractivity contribution in [1.82, 2.24) is 9.78 Å². The fourth-order valence-corrected chi connectivity index (χ4v) is 3.11. The number of hydrogen-bond acceptors (Lipinski definition) is 3. The predicted octanol–water partition coefficient (Wildman–Crippen LogP) is 2.43. The van der Waals surface area contributed by atoms with Crippen molar-refractivity contribution < 1.29 is 9.53 Å². The molecule has 0 aromatic carbocycles. The Kier molecular flexibility index (Phi) is 3.92. The maximum Gasteiger partial charge on any atom is 0.170 e. The van der Waals surface area contributed by atoms with Crippen molar-refractivity contribution in [1.29, 1.82) is 0 Å². The molecule has 0 spiro atoms. The normalized spacial score (nSPS) is 23.6. The van der Waals surface area contributed by atoms with Crippen LogP contribution < -0.4 is 0 Å². The van der Waals surface area contributed by atoms with Crippen LogP contribution >= 0.6 is 15.9 Å². The molecular formula is C13H19BrN2O2. The number of carbonyl (C=O) groups is 1. The fourth-order valence-electron chi connectivity index (χ4n) is 2.35. The first-order valence-corrected chi connectivity index (χ1v) is 7.14. The molecule has 0 saturated carbocycles. The molecule has 1 atom stereocenters. The number of ether oxygens (including phenoxy) is 1. The Hall–Kier alpha value is -0.680. The maximum atomic E-state index is 12.4. The Bertz CT molecular complexity index is 462. The number of Topliss-reactive ketones (excluding diaryl/α,β-unsaturated/α-hetero) is 1. The summed E-state index contributed by atoms with van der Waals surface area (Å²) in [5.41, 5.74) is 1.34. The highest BCUT2D eigenvalue weighted by Gasteiger charge is 2.37. The molecule has 0 amide bonds. The number of rotatable bonds is 4. The quantitative estimate of drug-likeness (QED) is 0.857. The third kappa shape index (κ3) is 2.38. The Morgan fingerprint density at radius 1 is 1.61 bits per heavy atom. The van der Waals surface area contributed by atoms with Gasteiger partial charge in [-0.3, -0.25) is 9.48 Å². The van der Waals surface area contributed by atoms with E-state index in [-0.39, 0.29) is 5.78 Å². The van der Waals surface area contributed by atoms with Crippen molar-refractivity contribution in [3.63, 3.8) is 0 Å². The highest BCUT2D eigenvalue weighted by molar-refractivity contribution is 9.10. The summed E-state index contributed by atoms with van der Waals surface area (Å²) in [4.78, 5) is 12.4. The lowest BCUT2D eigenvalue weighted by molar-refractivity contribution is -0.136. The maximum absolute atomic E-state index is 12.4. The van der Waals surface area contributed by atoms with E-state index in [0.29, 0.717) is 13.0 Å². The average Bonchev–Trinajstić information content (AvgIpc) is 2.89. The first-order chi connectivity index (χ1) is 8.48. The van der Waals surface area contributed by atoms with Gasteiger partial charge in [-0.15, -0.1) is 0 Å².